The van der Waals surface area contributed by atoms with E-state index in [4.69, 9.17) is 21.1 Å². The molecule has 3 aromatic rings. The van der Waals surface area contributed by atoms with Crippen molar-refractivity contribution in [1.29, 1.82) is 0 Å². The maximum absolute atomic E-state index is 12.7. The fraction of sp³-hybridized carbons (Fsp3) is 0.200. The third-order valence-corrected chi connectivity index (χ3v) is 4.15. The highest BCUT2D eigenvalue weighted by molar-refractivity contribution is 6.31. The molecule has 0 N–H and O–H groups in total. The number of carbonyl (C=O) groups excluding carboxylic acids is 1. The molecule has 3 rings (SSSR count). The van der Waals surface area contributed by atoms with Crippen LogP contribution in [-0.4, -0.2) is 31.3 Å². The van der Waals surface area contributed by atoms with Gasteiger partial charge in [0, 0.05) is 23.1 Å². The fourth-order valence-corrected chi connectivity index (χ4v) is 2.97. The van der Waals surface area contributed by atoms with E-state index in [0.717, 1.165) is 22.0 Å². The van der Waals surface area contributed by atoms with Gasteiger partial charge >= 0.3 is 5.97 Å². The van der Waals surface area contributed by atoms with Gasteiger partial charge in [-0.2, -0.15) is 0 Å². The second-order valence-electron chi connectivity index (χ2n) is 5.60. The van der Waals surface area contributed by atoms with E-state index in [-0.39, 0.29) is 19.0 Å². The number of pyridine rings is 1. The number of carbonyl (C=O) groups is 1. The zero-order chi connectivity index (χ0) is 17.8. The van der Waals surface area contributed by atoms with E-state index in [9.17, 15) is 4.79 Å². The Morgan fingerprint density at radius 1 is 1.12 bits per heavy atom. The fourth-order valence-electron chi connectivity index (χ4n) is 2.80. The largest absolute Gasteiger partial charge is 0.460 e. The topological polar surface area (TPSA) is 48.4 Å². The van der Waals surface area contributed by atoms with Crippen molar-refractivity contribution >= 4 is 40.9 Å². The van der Waals surface area contributed by atoms with Crippen LogP contribution in [0, 0.1) is 6.92 Å². The first-order valence-corrected chi connectivity index (χ1v) is 8.31. The van der Waals surface area contributed by atoms with E-state index in [1.54, 1.807) is 13.2 Å². The molecule has 0 aliphatic rings. The van der Waals surface area contributed by atoms with Crippen molar-refractivity contribution in [3.63, 3.8) is 0 Å². The minimum Gasteiger partial charge on any atom is -0.460 e. The standard InChI is InChI=1S/C20H18ClNO3.ClH/c1-13-18(20(23)25-11-10-24-2)19(14-6-4-3-5-7-14)16-12-15(21)8-9-17(16)22-13;/h3-9,12H,10-11H2,1-2H3;1H. The highest BCUT2D eigenvalue weighted by Gasteiger charge is 2.21. The number of benzene rings is 2. The Hall–Kier alpha value is -2.14. The Kier molecular flexibility index (Phi) is 6.98. The van der Waals surface area contributed by atoms with Crippen molar-refractivity contribution in [3.05, 3.63) is 64.8 Å². The van der Waals surface area contributed by atoms with Crippen molar-refractivity contribution < 1.29 is 14.3 Å². The summed E-state index contributed by atoms with van der Waals surface area (Å²) in [5.74, 6) is -0.414. The highest BCUT2D eigenvalue weighted by Crippen LogP contribution is 2.34. The smallest absolute Gasteiger partial charge is 0.340 e. The van der Waals surface area contributed by atoms with Crippen LogP contribution in [-0.2, 0) is 9.47 Å². The van der Waals surface area contributed by atoms with Crippen LogP contribution < -0.4 is 0 Å². The van der Waals surface area contributed by atoms with E-state index in [1.165, 1.54) is 0 Å². The van der Waals surface area contributed by atoms with Crippen LogP contribution in [0.25, 0.3) is 22.0 Å². The van der Waals surface area contributed by atoms with Crippen molar-refractivity contribution in [3.8, 4) is 11.1 Å². The molecule has 4 nitrogen and oxygen atoms in total. The first-order chi connectivity index (χ1) is 12.1. The van der Waals surface area contributed by atoms with E-state index < -0.39 is 5.97 Å². The van der Waals surface area contributed by atoms with Gasteiger partial charge in [-0.3, -0.25) is 4.98 Å². The normalized spacial score (nSPS) is 10.4. The van der Waals surface area contributed by atoms with Crippen molar-refractivity contribution in [1.82, 2.24) is 4.98 Å². The predicted octanol–water partition coefficient (Wildman–Crippen LogP) is 5.09. The zero-order valence-electron chi connectivity index (χ0n) is 14.5. The van der Waals surface area contributed by atoms with Crippen molar-refractivity contribution in [2.45, 2.75) is 6.92 Å². The lowest BCUT2D eigenvalue weighted by atomic mass is 9.94. The van der Waals surface area contributed by atoms with E-state index in [2.05, 4.69) is 4.98 Å². The summed E-state index contributed by atoms with van der Waals surface area (Å²) in [5, 5.41) is 1.41. The molecule has 0 amide bonds. The Bertz CT molecular complexity index is 914. The van der Waals surface area contributed by atoms with Crippen LogP contribution in [0.15, 0.2) is 48.5 Å². The molecule has 26 heavy (non-hydrogen) atoms. The van der Waals surface area contributed by atoms with Gasteiger partial charge in [-0.25, -0.2) is 4.79 Å². The third-order valence-electron chi connectivity index (χ3n) is 3.92. The van der Waals surface area contributed by atoms with Gasteiger partial charge in [-0.15, -0.1) is 12.4 Å². The molecular formula is C20H19Cl2NO3. The molecule has 6 heteroatoms. The van der Waals surface area contributed by atoms with Gasteiger partial charge in [-0.1, -0.05) is 41.9 Å². The molecule has 0 spiro atoms. The van der Waals surface area contributed by atoms with Crippen LogP contribution in [0.2, 0.25) is 5.02 Å². The van der Waals surface area contributed by atoms with E-state index in [0.29, 0.717) is 22.9 Å². The minimum atomic E-state index is -0.414. The van der Waals surface area contributed by atoms with Gasteiger partial charge < -0.3 is 9.47 Å². The third kappa shape index (κ3) is 4.15. The number of halogens is 2. The van der Waals surface area contributed by atoms with Gasteiger partial charge in [-0.05, 0) is 30.7 Å². The van der Waals surface area contributed by atoms with Crippen molar-refractivity contribution in [2.75, 3.05) is 20.3 Å². The lowest BCUT2D eigenvalue weighted by Gasteiger charge is -2.15. The predicted molar refractivity (Wildman–Crippen MR) is 106 cm³/mol. The molecule has 0 fully saturated rings. The van der Waals surface area contributed by atoms with Crippen LogP contribution in [0.5, 0.6) is 0 Å². The number of fused-ring (bicyclic) bond motifs is 1. The van der Waals surface area contributed by atoms with E-state index >= 15 is 0 Å². The quantitative estimate of drug-likeness (QED) is 0.448. The summed E-state index contributed by atoms with van der Waals surface area (Å²) < 4.78 is 10.3. The molecule has 0 atom stereocenters. The molecule has 0 unspecified atom stereocenters. The number of ether oxygens (including phenoxy) is 2. The van der Waals surface area contributed by atoms with Crippen LogP contribution in [0.1, 0.15) is 16.1 Å². The van der Waals surface area contributed by atoms with Crippen LogP contribution in [0.3, 0.4) is 0 Å². The Balaban J connectivity index is 0.00000243. The Morgan fingerprint density at radius 2 is 1.85 bits per heavy atom. The van der Waals surface area contributed by atoms with Gasteiger partial charge in [0.05, 0.1) is 23.4 Å². The number of rotatable bonds is 5. The van der Waals surface area contributed by atoms with Crippen LogP contribution >= 0.6 is 24.0 Å². The summed E-state index contributed by atoms with van der Waals surface area (Å²) >= 11 is 6.19. The first-order valence-electron chi connectivity index (χ1n) is 7.93. The monoisotopic (exact) mass is 391 g/mol. The molecular weight excluding hydrogens is 373 g/mol. The number of aryl methyl sites for hydroxylation is 1. The summed E-state index contributed by atoms with van der Waals surface area (Å²) in [6.07, 6.45) is 0. The SMILES string of the molecule is COCCOC(=O)c1c(C)nc2ccc(Cl)cc2c1-c1ccccc1.Cl. The second-order valence-corrected chi connectivity index (χ2v) is 6.04. The molecule has 1 heterocycles. The number of hydrogen-bond donors (Lipinski definition) is 0. The second kappa shape index (κ2) is 8.99. The molecule has 0 saturated heterocycles. The lowest BCUT2D eigenvalue weighted by Crippen LogP contribution is -2.13. The number of nitrogens with zero attached hydrogens (tertiary/aromatic N) is 1. The Labute approximate surface area is 163 Å². The average Bonchev–Trinajstić information content (AvgIpc) is 2.62. The zero-order valence-corrected chi connectivity index (χ0v) is 16.1. The lowest BCUT2D eigenvalue weighted by molar-refractivity contribution is 0.0388. The summed E-state index contributed by atoms with van der Waals surface area (Å²) in [7, 11) is 1.56. The molecule has 2 aromatic carbocycles. The van der Waals surface area contributed by atoms with Gasteiger partial charge in [0.2, 0.25) is 0 Å². The maximum Gasteiger partial charge on any atom is 0.340 e. The Morgan fingerprint density at radius 3 is 2.54 bits per heavy atom. The summed E-state index contributed by atoms with van der Waals surface area (Å²) in [4.78, 5) is 17.3. The average molecular weight is 392 g/mol. The highest BCUT2D eigenvalue weighted by atomic mass is 35.5. The molecule has 0 aliphatic carbocycles. The molecule has 1 aromatic heterocycles. The van der Waals surface area contributed by atoms with Gasteiger partial charge in [0.1, 0.15) is 6.61 Å². The number of methoxy groups -OCH3 is 1. The molecule has 136 valence electrons. The van der Waals surface area contributed by atoms with E-state index in [1.807, 2.05) is 49.4 Å². The molecule has 0 bridgehead atoms. The van der Waals surface area contributed by atoms with Crippen molar-refractivity contribution in [2.24, 2.45) is 0 Å². The summed E-state index contributed by atoms with van der Waals surface area (Å²) in [6, 6.07) is 15.2. The molecule has 0 saturated carbocycles. The number of aromatic nitrogens is 1. The summed E-state index contributed by atoms with van der Waals surface area (Å²) in [5.41, 5.74) is 3.56. The maximum atomic E-state index is 12.7. The van der Waals surface area contributed by atoms with Crippen LogP contribution in [0.4, 0.5) is 0 Å². The molecule has 0 radical (unpaired) electrons. The van der Waals surface area contributed by atoms with Gasteiger partial charge in [0.15, 0.2) is 0 Å². The number of esters is 1. The summed E-state index contributed by atoms with van der Waals surface area (Å²) in [6.45, 7) is 2.35. The number of hydrogen-bond acceptors (Lipinski definition) is 4. The minimum absolute atomic E-state index is 0. The first kappa shape index (κ1) is 20.2. The van der Waals surface area contributed by atoms with Gasteiger partial charge in [0.25, 0.3) is 0 Å². The molecule has 0 aliphatic heterocycles.